The van der Waals surface area contributed by atoms with Crippen molar-refractivity contribution in [1.82, 2.24) is 4.57 Å². The minimum atomic E-state index is 1.20. The van der Waals surface area contributed by atoms with E-state index in [1.165, 1.54) is 79.3 Å². The van der Waals surface area contributed by atoms with Gasteiger partial charge in [-0.25, -0.2) is 0 Å². The molecule has 0 atom stereocenters. The average Bonchev–Trinajstić information content (AvgIpc) is 3.69. The summed E-state index contributed by atoms with van der Waals surface area (Å²) in [5, 5.41) is 5.30. The lowest BCUT2D eigenvalue weighted by Gasteiger charge is -2.09. The number of rotatable bonds is 3. The van der Waals surface area contributed by atoms with Crippen molar-refractivity contribution in [3.8, 4) is 27.9 Å². The number of hydrogen-bond acceptors (Lipinski definition) is 2. The predicted octanol–water partition coefficient (Wildman–Crippen LogP) is 11.7. The molecule has 0 unspecified atom stereocenters. The maximum absolute atomic E-state index is 2.43. The van der Waals surface area contributed by atoms with Gasteiger partial charge in [-0.15, -0.1) is 22.7 Å². The van der Waals surface area contributed by atoms with Gasteiger partial charge in [0.1, 0.15) is 0 Å². The zero-order valence-corrected chi connectivity index (χ0v) is 23.7. The molecule has 0 N–H and O–H groups in total. The van der Waals surface area contributed by atoms with Crippen molar-refractivity contribution in [3.63, 3.8) is 0 Å². The highest BCUT2D eigenvalue weighted by Crippen LogP contribution is 2.44. The molecule has 0 radical (unpaired) electrons. The number of benzene rings is 6. The van der Waals surface area contributed by atoms with Crippen LogP contribution >= 0.6 is 22.7 Å². The Kier molecular flexibility index (Phi) is 5.00. The second-order valence-corrected chi connectivity index (χ2v) is 12.7. The van der Waals surface area contributed by atoms with Crippen LogP contribution in [0.15, 0.2) is 140 Å². The Morgan fingerprint density at radius 2 is 1.05 bits per heavy atom. The highest BCUT2D eigenvalue weighted by Gasteiger charge is 2.18. The van der Waals surface area contributed by atoms with Gasteiger partial charge in [0, 0.05) is 41.3 Å². The molecule has 3 heterocycles. The van der Waals surface area contributed by atoms with E-state index in [1.807, 2.05) is 22.7 Å². The van der Waals surface area contributed by atoms with Crippen LogP contribution in [0.5, 0.6) is 0 Å². The summed E-state index contributed by atoms with van der Waals surface area (Å²) in [4.78, 5) is 0. The molecular weight excluding hydrogens is 535 g/mol. The van der Waals surface area contributed by atoms with Crippen molar-refractivity contribution in [2.24, 2.45) is 0 Å². The fourth-order valence-corrected chi connectivity index (χ4v) is 8.63. The number of nitrogens with zero attached hydrogens (tertiary/aromatic N) is 1. The second-order valence-electron chi connectivity index (χ2n) is 10.6. The van der Waals surface area contributed by atoms with Gasteiger partial charge in [0.15, 0.2) is 0 Å². The largest absolute Gasteiger partial charge is 0.308 e. The normalized spacial score (nSPS) is 11.9. The molecule has 3 aromatic heterocycles. The van der Waals surface area contributed by atoms with Crippen LogP contribution in [0, 0.1) is 0 Å². The molecular formula is C38H23NS2. The molecule has 192 valence electrons. The Labute approximate surface area is 245 Å². The van der Waals surface area contributed by atoms with Gasteiger partial charge in [0.25, 0.3) is 0 Å². The molecule has 0 amide bonds. The highest BCUT2D eigenvalue weighted by molar-refractivity contribution is 7.26. The lowest BCUT2D eigenvalue weighted by molar-refractivity contribution is 1.19. The van der Waals surface area contributed by atoms with Crippen molar-refractivity contribution in [2.75, 3.05) is 0 Å². The van der Waals surface area contributed by atoms with E-state index in [-0.39, 0.29) is 0 Å². The number of thiophene rings is 2. The van der Waals surface area contributed by atoms with Crippen LogP contribution in [0.25, 0.3) is 79.3 Å². The SMILES string of the molecule is c1ccc(-n2c3ccccc3c3sc4ccc(-c5cccc(-c6ccc7c(c6)sc6ccccc67)c5)cc4c32)cc1. The van der Waals surface area contributed by atoms with Crippen LogP contribution in [0.1, 0.15) is 0 Å². The van der Waals surface area contributed by atoms with Crippen LogP contribution < -0.4 is 0 Å². The van der Waals surface area contributed by atoms with Gasteiger partial charge in [-0.1, -0.05) is 91.0 Å². The molecule has 0 saturated carbocycles. The molecule has 1 nitrogen and oxygen atoms in total. The number of aromatic nitrogens is 1. The second kappa shape index (κ2) is 8.90. The molecule has 0 aliphatic rings. The third kappa shape index (κ3) is 3.53. The smallest absolute Gasteiger partial charge is 0.0727 e. The lowest BCUT2D eigenvalue weighted by atomic mass is 9.98. The van der Waals surface area contributed by atoms with E-state index < -0.39 is 0 Å². The standard InChI is InChI=1S/C38H23NS2/c1-2-11-28(12-3-1)39-33-15-6-4-14-31(33)38-37(39)32-22-26(18-20-35(32)41-38)24-9-8-10-25(21-24)27-17-19-30-29-13-5-7-16-34(29)40-36(30)23-27/h1-23H. The van der Waals surface area contributed by atoms with Gasteiger partial charge in [0.2, 0.25) is 0 Å². The minimum absolute atomic E-state index is 1.20. The zero-order chi connectivity index (χ0) is 26.9. The van der Waals surface area contributed by atoms with Gasteiger partial charge < -0.3 is 4.57 Å². The summed E-state index contributed by atoms with van der Waals surface area (Å²) in [5.74, 6) is 0. The molecule has 0 aliphatic heterocycles. The third-order valence-electron chi connectivity index (χ3n) is 8.20. The summed E-state index contributed by atoms with van der Waals surface area (Å²) in [7, 11) is 0. The summed E-state index contributed by atoms with van der Waals surface area (Å²) in [5.41, 5.74) is 8.73. The Morgan fingerprint density at radius 1 is 0.390 bits per heavy atom. The van der Waals surface area contributed by atoms with Gasteiger partial charge in [-0.05, 0) is 70.8 Å². The lowest BCUT2D eigenvalue weighted by Crippen LogP contribution is -1.92. The molecule has 6 aromatic carbocycles. The van der Waals surface area contributed by atoms with E-state index in [4.69, 9.17) is 0 Å². The molecule has 0 aliphatic carbocycles. The third-order valence-corrected chi connectivity index (χ3v) is 10.5. The number of para-hydroxylation sites is 2. The van der Waals surface area contributed by atoms with E-state index in [1.54, 1.807) is 0 Å². The van der Waals surface area contributed by atoms with E-state index in [2.05, 4.69) is 144 Å². The summed E-state index contributed by atoms with van der Waals surface area (Å²) in [6.45, 7) is 0. The van der Waals surface area contributed by atoms with E-state index in [0.29, 0.717) is 0 Å². The van der Waals surface area contributed by atoms with Gasteiger partial charge in [-0.2, -0.15) is 0 Å². The fraction of sp³-hybridized carbons (Fsp3) is 0. The highest BCUT2D eigenvalue weighted by atomic mass is 32.1. The van der Waals surface area contributed by atoms with Crippen LogP contribution in [0.4, 0.5) is 0 Å². The predicted molar refractivity (Wildman–Crippen MR) is 180 cm³/mol. The topological polar surface area (TPSA) is 4.93 Å². The van der Waals surface area contributed by atoms with Crippen LogP contribution in [-0.2, 0) is 0 Å². The average molecular weight is 558 g/mol. The summed E-state index contributed by atoms with van der Waals surface area (Å²) in [6, 6.07) is 51.1. The Bertz CT molecular complexity index is 2420. The first kappa shape index (κ1) is 23.0. The van der Waals surface area contributed by atoms with Crippen LogP contribution in [-0.4, -0.2) is 4.57 Å². The van der Waals surface area contributed by atoms with Gasteiger partial charge in [-0.3, -0.25) is 0 Å². The molecule has 0 bridgehead atoms. The zero-order valence-electron chi connectivity index (χ0n) is 22.0. The molecule has 3 heteroatoms. The van der Waals surface area contributed by atoms with Crippen molar-refractivity contribution in [3.05, 3.63) is 140 Å². The Morgan fingerprint density at radius 3 is 1.93 bits per heavy atom. The van der Waals surface area contributed by atoms with E-state index >= 15 is 0 Å². The van der Waals surface area contributed by atoms with Crippen molar-refractivity contribution >= 4 is 74.1 Å². The molecule has 0 saturated heterocycles. The molecule has 9 rings (SSSR count). The fourth-order valence-electron chi connectivity index (χ4n) is 6.28. The first-order valence-corrected chi connectivity index (χ1v) is 15.5. The van der Waals surface area contributed by atoms with Crippen molar-refractivity contribution < 1.29 is 0 Å². The Balaban J connectivity index is 1.21. The maximum atomic E-state index is 2.43. The molecule has 9 aromatic rings. The van der Waals surface area contributed by atoms with Crippen molar-refractivity contribution in [1.29, 1.82) is 0 Å². The number of fused-ring (bicyclic) bond motifs is 8. The Hall–Kier alpha value is -4.70. The minimum Gasteiger partial charge on any atom is -0.308 e. The van der Waals surface area contributed by atoms with E-state index in [9.17, 15) is 0 Å². The quantitative estimate of drug-likeness (QED) is 0.204. The molecule has 0 spiro atoms. The first-order valence-electron chi connectivity index (χ1n) is 13.9. The van der Waals surface area contributed by atoms with Crippen LogP contribution in [0.3, 0.4) is 0 Å². The van der Waals surface area contributed by atoms with Crippen molar-refractivity contribution in [2.45, 2.75) is 0 Å². The molecule has 41 heavy (non-hydrogen) atoms. The first-order chi connectivity index (χ1) is 20.3. The van der Waals surface area contributed by atoms with Gasteiger partial charge >= 0.3 is 0 Å². The van der Waals surface area contributed by atoms with Gasteiger partial charge in [0.05, 0.1) is 15.7 Å². The summed E-state index contributed by atoms with van der Waals surface area (Å²) < 4.78 is 7.79. The van der Waals surface area contributed by atoms with E-state index in [0.717, 1.165) is 0 Å². The molecule has 0 fully saturated rings. The monoisotopic (exact) mass is 557 g/mol. The number of hydrogen-bond donors (Lipinski definition) is 0. The maximum Gasteiger partial charge on any atom is 0.0727 e. The summed E-state index contributed by atoms with van der Waals surface area (Å²) >= 11 is 3.77. The summed E-state index contributed by atoms with van der Waals surface area (Å²) in [6.07, 6.45) is 0. The van der Waals surface area contributed by atoms with Crippen LogP contribution in [0.2, 0.25) is 0 Å².